The van der Waals surface area contributed by atoms with Crippen molar-refractivity contribution in [1.82, 2.24) is 14.8 Å². The zero-order valence-electron chi connectivity index (χ0n) is 18.0. The lowest BCUT2D eigenvalue weighted by Crippen LogP contribution is -2.25. The van der Waals surface area contributed by atoms with Crippen molar-refractivity contribution >= 4 is 33.3 Å². The maximum absolute atomic E-state index is 12.7. The zero-order chi connectivity index (χ0) is 21.7. The molecule has 0 saturated heterocycles. The molecule has 1 N–H and O–H groups in total. The second-order valence-electron chi connectivity index (χ2n) is 8.24. The highest BCUT2D eigenvalue weighted by Gasteiger charge is 2.34. The van der Waals surface area contributed by atoms with Crippen molar-refractivity contribution in [3.8, 4) is 10.9 Å². The highest BCUT2D eigenvalue weighted by Crippen LogP contribution is 2.43. The predicted octanol–water partition coefficient (Wildman–Crippen LogP) is 5.36. The van der Waals surface area contributed by atoms with Gasteiger partial charge in [0, 0.05) is 23.5 Å². The number of fused-ring (bicyclic) bond motifs is 2. The molecule has 1 aliphatic rings. The summed E-state index contributed by atoms with van der Waals surface area (Å²) in [4.78, 5) is 17.5. The Kier molecular flexibility index (Phi) is 4.78. The molecular weight excluding hydrogens is 408 g/mol. The standard InChI is InChI=1S/C24H24N4O2S/c1-13(2)30-19-8-6-5-7-16(19)17-12-21(29)26-23-22(17)15(4)27-28(23)24-25-18-10-9-14(3)11-20(18)31-24/h5-11,13,17H,12H2,1-4H3,(H,26,29)/t17-/m1/s1. The van der Waals surface area contributed by atoms with Crippen LogP contribution in [0.5, 0.6) is 5.75 Å². The van der Waals surface area contributed by atoms with Crippen LogP contribution in [0.15, 0.2) is 42.5 Å². The molecule has 1 aliphatic heterocycles. The summed E-state index contributed by atoms with van der Waals surface area (Å²) in [7, 11) is 0. The first-order valence-corrected chi connectivity index (χ1v) is 11.2. The smallest absolute Gasteiger partial charge is 0.226 e. The third kappa shape index (κ3) is 3.49. The fourth-order valence-electron chi connectivity index (χ4n) is 4.19. The third-order valence-corrected chi connectivity index (χ3v) is 6.47. The number of carbonyl (C=O) groups is 1. The molecule has 0 radical (unpaired) electrons. The molecule has 3 heterocycles. The van der Waals surface area contributed by atoms with Gasteiger partial charge in [0.05, 0.1) is 22.0 Å². The molecule has 0 spiro atoms. The van der Waals surface area contributed by atoms with E-state index in [2.05, 4.69) is 24.4 Å². The number of carbonyl (C=O) groups excluding carboxylic acids is 1. The average Bonchev–Trinajstić information content (AvgIpc) is 3.28. The first-order valence-electron chi connectivity index (χ1n) is 10.4. The summed E-state index contributed by atoms with van der Waals surface area (Å²) in [5, 5.41) is 8.59. The number of aromatic nitrogens is 3. The Morgan fingerprint density at radius 2 is 2.00 bits per heavy atom. The van der Waals surface area contributed by atoms with Gasteiger partial charge in [-0.25, -0.2) is 4.98 Å². The lowest BCUT2D eigenvalue weighted by molar-refractivity contribution is -0.116. The van der Waals surface area contributed by atoms with E-state index < -0.39 is 0 Å². The summed E-state index contributed by atoms with van der Waals surface area (Å²) < 4.78 is 8.94. The number of benzene rings is 2. The van der Waals surface area contributed by atoms with E-state index in [0.29, 0.717) is 12.2 Å². The number of thiazole rings is 1. The molecule has 158 valence electrons. The number of hydrogen-bond acceptors (Lipinski definition) is 5. The second kappa shape index (κ2) is 7.50. The van der Waals surface area contributed by atoms with Gasteiger partial charge in [-0.1, -0.05) is 35.6 Å². The minimum Gasteiger partial charge on any atom is -0.491 e. The van der Waals surface area contributed by atoms with Crippen LogP contribution in [0.2, 0.25) is 0 Å². The largest absolute Gasteiger partial charge is 0.491 e. The number of nitrogens with zero attached hydrogens (tertiary/aromatic N) is 3. The quantitative estimate of drug-likeness (QED) is 0.471. The molecule has 0 saturated carbocycles. The van der Waals surface area contributed by atoms with Gasteiger partial charge in [0.2, 0.25) is 11.0 Å². The van der Waals surface area contributed by atoms with Gasteiger partial charge in [-0.2, -0.15) is 9.78 Å². The average molecular weight is 433 g/mol. The number of anilines is 1. The van der Waals surface area contributed by atoms with E-state index in [-0.39, 0.29) is 17.9 Å². The maximum atomic E-state index is 12.7. The Morgan fingerprint density at radius 3 is 2.81 bits per heavy atom. The van der Waals surface area contributed by atoms with Gasteiger partial charge < -0.3 is 10.1 Å². The monoisotopic (exact) mass is 432 g/mol. The van der Waals surface area contributed by atoms with E-state index in [1.165, 1.54) is 5.56 Å². The summed E-state index contributed by atoms with van der Waals surface area (Å²) in [6, 6.07) is 14.2. The van der Waals surface area contributed by atoms with E-state index in [4.69, 9.17) is 14.8 Å². The van der Waals surface area contributed by atoms with Crippen molar-refractivity contribution in [3.05, 3.63) is 64.8 Å². The van der Waals surface area contributed by atoms with Gasteiger partial charge in [0.15, 0.2) is 0 Å². The van der Waals surface area contributed by atoms with E-state index in [0.717, 1.165) is 37.9 Å². The van der Waals surface area contributed by atoms with E-state index >= 15 is 0 Å². The summed E-state index contributed by atoms with van der Waals surface area (Å²) in [5.41, 5.74) is 5.04. The lowest BCUT2D eigenvalue weighted by Gasteiger charge is -2.26. The molecule has 4 aromatic rings. The van der Waals surface area contributed by atoms with Crippen molar-refractivity contribution in [2.75, 3.05) is 5.32 Å². The van der Waals surface area contributed by atoms with Crippen molar-refractivity contribution in [2.24, 2.45) is 0 Å². The molecular formula is C24H24N4O2S. The molecule has 2 aromatic carbocycles. The van der Waals surface area contributed by atoms with E-state index in [9.17, 15) is 4.79 Å². The first-order chi connectivity index (χ1) is 14.9. The Hall–Kier alpha value is -3.19. The van der Waals surface area contributed by atoms with Crippen LogP contribution < -0.4 is 10.1 Å². The molecule has 5 rings (SSSR count). The number of aryl methyl sites for hydroxylation is 2. The Morgan fingerprint density at radius 1 is 1.19 bits per heavy atom. The van der Waals surface area contributed by atoms with E-state index in [1.54, 1.807) is 16.0 Å². The summed E-state index contributed by atoms with van der Waals surface area (Å²) in [6.45, 7) is 8.07. The van der Waals surface area contributed by atoms with Crippen LogP contribution in [0.1, 0.15) is 48.6 Å². The van der Waals surface area contributed by atoms with Gasteiger partial charge in [-0.3, -0.25) is 4.79 Å². The number of hydrogen-bond donors (Lipinski definition) is 1. The molecule has 6 nitrogen and oxygen atoms in total. The van der Waals surface area contributed by atoms with Gasteiger partial charge in [0.25, 0.3) is 0 Å². The van der Waals surface area contributed by atoms with Crippen LogP contribution in [0.3, 0.4) is 0 Å². The lowest BCUT2D eigenvalue weighted by atomic mass is 9.85. The molecule has 0 bridgehead atoms. The summed E-state index contributed by atoms with van der Waals surface area (Å²) in [5.74, 6) is 1.36. The van der Waals surface area contributed by atoms with Crippen LogP contribution in [0.4, 0.5) is 5.82 Å². The van der Waals surface area contributed by atoms with Crippen molar-refractivity contribution in [2.45, 2.75) is 46.1 Å². The fraction of sp³-hybridized carbons (Fsp3) is 0.292. The topological polar surface area (TPSA) is 69.0 Å². The highest BCUT2D eigenvalue weighted by atomic mass is 32.1. The number of nitrogens with one attached hydrogen (secondary N) is 1. The summed E-state index contributed by atoms with van der Waals surface area (Å²) >= 11 is 1.57. The molecule has 2 aromatic heterocycles. The van der Waals surface area contributed by atoms with Crippen LogP contribution in [-0.2, 0) is 4.79 Å². The Balaban J connectivity index is 1.65. The van der Waals surface area contributed by atoms with Crippen molar-refractivity contribution < 1.29 is 9.53 Å². The molecule has 0 unspecified atom stereocenters. The molecule has 1 atom stereocenters. The van der Waals surface area contributed by atoms with Crippen molar-refractivity contribution in [3.63, 3.8) is 0 Å². The fourth-order valence-corrected chi connectivity index (χ4v) is 5.21. The van der Waals surface area contributed by atoms with Crippen LogP contribution in [0, 0.1) is 13.8 Å². The van der Waals surface area contributed by atoms with Gasteiger partial charge in [-0.15, -0.1) is 0 Å². The van der Waals surface area contributed by atoms with Crippen LogP contribution in [0.25, 0.3) is 15.3 Å². The Bertz CT molecular complexity index is 1300. The number of ether oxygens (including phenoxy) is 1. The second-order valence-corrected chi connectivity index (χ2v) is 9.25. The third-order valence-electron chi connectivity index (χ3n) is 5.47. The number of amides is 1. The van der Waals surface area contributed by atoms with Crippen LogP contribution in [-0.4, -0.2) is 26.8 Å². The number of rotatable bonds is 4. The van der Waals surface area contributed by atoms with Crippen LogP contribution >= 0.6 is 11.3 Å². The zero-order valence-corrected chi connectivity index (χ0v) is 18.8. The van der Waals surface area contributed by atoms with Crippen molar-refractivity contribution in [1.29, 1.82) is 0 Å². The Labute approximate surface area is 184 Å². The molecule has 0 aliphatic carbocycles. The van der Waals surface area contributed by atoms with Gasteiger partial charge in [-0.05, 0) is 51.5 Å². The maximum Gasteiger partial charge on any atom is 0.226 e. The first kappa shape index (κ1) is 19.8. The molecule has 31 heavy (non-hydrogen) atoms. The molecule has 7 heteroatoms. The minimum absolute atomic E-state index is 0.0324. The summed E-state index contributed by atoms with van der Waals surface area (Å²) in [6.07, 6.45) is 0.407. The number of para-hydroxylation sites is 1. The van der Waals surface area contributed by atoms with Gasteiger partial charge >= 0.3 is 0 Å². The highest BCUT2D eigenvalue weighted by molar-refractivity contribution is 7.20. The van der Waals surface area contributed by atoms with E-state index in [1.807, 2.05) is 51.1 Å². The SMILES string of the molecule is Cc1ccc2nc(-n3nc(C)c4c3NC(=O)C[C@@H]4c3ccccc3OC(C)C)sc2c1. The minimum atomic E-state index is -0.121. The molecule has 0 fully saturated rings. The molecule has 1 amide bonds. The predicted molar refractivity (Wildman–Crippen MR) is 124 cm³/mol. The van der Waals surface area contributed by atoms with Gasteiger partial charge in [0.1, 0.15) is 11.6 Å². The normalized spacial score (nSPS) is 15.9.